The zero-order chi connectivity index (χ0) is 40.5. The van der Waals surface area contributed by atoms with Crippen LogP contribution in [-0.4, -0.2) is 0 Å². The minimum Gasteiger partial charge on any atom is -0.455 e. The molecule has 56 heavy (non-hydrogen) atoms. The molecule has 0 spiro atoms. The van der Waals surface area contributed by atoms with Gasteiger partial charge in [-0.2, -0.15) is 0 Å². The monoisotopic (exact) mass is 717 g/mol. The maximum absolute atomic E-state index is 9.65. The molecule has 0 aliphatic heterocycles. The van der Waals surface area contributed by atoms with E-state index in [1.54, 1.807) is 0 Å². The lowest BCUT2D eigenvalue weighted by Gasteiger charge is -2.28. The first-order chi connectivity index (χ1) is 29.4. The van der Waals surface area contributed by atoms with Crippen LogP contribution >= 0.6 is 0 Å². The van der Waals surface area contributed by atoms with Gasteiger partial charge in [-0.1, -0.05) is 158 Å². The van der Waals surface area contributed by atoms with Crippen LogP contribution < -0.4 is 4.90 Å². The molecule has 0 unspecified atom stereocenters. The maximum Gasteiger partial charge on any atom is 0.143 e. The highest BCUT2D eigenvalue weighted by Gasteiger charge is 2.19. The predicted molar refractivity (Wildman–Crippen MR) is 237 cm³/mol. The highest BCUT2D eigenvalue weighted by atomic mass is 16.3. The summed E-state index contributed by atoms with van der Waals surface area (Å²) < 4.78 is 44.8. The molecule has 10 aromatic carbocycles. The lowest BCUT2D eigenvalue weighted by atomic mass is 9.97. The molecule has 2 heteroatoms. The maximum atomic E-state index is 9.65. The fourth-order valence-electron chi connectivity index (χ4n) is 8.15. The van der Waals surface area contributed by atoms with Gasteiger partial charge >= 0.3 is 0 Å². The average molecular weight is 718 g/mol. The highest BCUT2D eigenvalue weighted by molar-refractivity contribution is 6.15. The number of hydrogen-bond donors (Lipinski definition) is 0. The summed E-state index contributed by atoms with van der Waals surface area (Å²) in [5, 5.41) is 8.54. The topological polar surface area (TPSA) is 16.4 Å². The van der Waals surface area contributed by atoms with Crippen molar-refractivity contribution >= 4 is 71.3 Å². The summed E-state index contributed by atoms with van der Waals surface area (Å²) >= 11 is 0. The SMILES string of the molecule is [2H]c1c([2H])c(N(c2ccc(-c3cccc4ccccc34)cc2)c2ccccc2-c2ccc3c(c2)oc2c4ccccc4ccc32)c([2H])c([2H])c1-c1ccc2ccccc2c1. The summed E-state index contributed by atoms with van der Waals surface area (Å²) in [6.45, 7) is 0. The summed E-state index contributed by atoms with van der Waals surface area (Å²) in [5.74, 6) is 0. The van der Waals surface area contributed by atoms with Crippen molar-refractivity contribution in [3.05, 3.63) is 212 Å². The Kier molecular flexibility index (Phi) is 6.60. The zero-order valence-corrected chi connectivity index (χ0v) is 30.3. The molecule has 0 saturated carbocycles. The number of benzene rings is 10. The number of nitrogens with zero attached hydrogens (tertiary/aromatic N) is 1. The molecule has 11 aromatic rings. The van der Waals surface area contributed by atoms with Crippen LogP contribution in [0.4, 0.5) is 17.1 Å². The Morgan fingerprint density at radius 1 is 0.357 bits per heavy atom. The Labute approximate surface area is 330 Å². The second-order valence-corrected chi connectivity index (χ2v) is 14.2. The van der Waals surface area contributed by atoms with E-state index in [4.69, 9.17) is 4.42 Å². The summed E-state index contributed by atoms with van der Waals surface area (Å²) in [6.07, 6.45) is 0. The van der Waals surface area contributed by atoms with Crippen LogP contribution in [0.1, 0.15) is 5.48 Å². The third kappa shape index (κ3) is 5.42. The lowest BCUT2D eigenvalue weighted by molar-refractivity contribution is 0.673. The summed E-state index contributed by atoms with van der Waals surface area (Å²) in [4.78, 5) is 1.88. The first-order valence-corrected chi connectivity index (χ1v) is 18.8. The van der Waals surface area contributed by atoms with Crippen LogP contribution in [0.5, 0.6) is 0 Å². The number of para-hydroxylation sites is 1. The molecule has 0 aliphatic carbocycles. The third-order valence-corrected chi connectivity index (χ3v) is 10.9. The van der Waals surface area contributed by atoms with Gasteiger partial charge in [-0.15, -0.1) is 0 Å². The molecule has 0 amide bonds. The molecule has 0 N–H and O–H groups in total. The van der Waals surface area contributed by atoms with Crippen molar-refractivity contribution < 1.29 is 9.90 Å². The van der Waals surface area contributed by atoms with Crippen LogP contribution in [0.2, 0.25) is 0 Å². The van der Waals surface area contributed by atoms with Gasteiger partial charge < -0.3 is 9.32 Å². The van der Waals surface area contributed by atoms with Crippen LogP contribution in [-0.2, 0) is 0 Å². The van der Waals surface area contributed by atoms with E-state index in [0.717, 1.165) is 76.5 Å². The van der Waals surface area contributed by atoms with E-state index in [1.165, 1.54) is 0 Å². The van der Waals surface area contributed by atoms with E-state index < -0.39 is 0 Å². The van der Waals surface area contributed by atoms with E-state index in [9.17, 15) is 5.48 Å². The van der Waals surface area contributed by atoms with Gasteiger partial charge in [-0.25, -0.2) is 0 Å². The lowest BCUT2D eigenvalue weighted by Crippen LogP contribution is -2.11. The minimum atomic E-state index is -0.133. The molecule has 262 valence electrons. The Morgan fingerprint density at radius 2 is 0.964 bits per heavy atom. The van der Waals surface area contributed by atoms with Crippen LogP contribution in [0.25, 0.3) is 87.6 Å². The van der Waals surface area contributed by atoms with Gasteiger partial charge in [0.25, 0.3) is 0 Å². The molecule has 0 aliphatic rings. The van der Waals surface area contributed by atoms with Crippen LogP contribution in [0.15, 0.2) is 217 Å². The van der Waals surface area contributed by atoms with Crippen molar-refractivity contribution in [1.82, 2.24) is 0 Å². The number of rotatable bonds is 6. The van der Waals surface area contributed by atoms with E-state index in [1.807, 2.05) is 108 Å². The fourth-order valence-corrected chi connectivity index (χ4v) is 8.15. The van der Waals surface area contributed by atoms with Crippen molar-refractivity contribution in [2.45, 2.75) is 0 Å². The standard InChI is InChI=1S/C54H35NO/c1-2-13-41-34-42(21-20-36(41)10-1)37-22-28-44(29-23-37)55(45-30-24-40(25-31-45)47-18-9-14-38-11-3-5-15-46(38)47)52-19-8-7-16-48(52)43-27-32-50-51-33-26-39-12-4-6-17-49(39)54(51)56-53(50)35-43/h1-35H/i22D,23D,28D,29D. The Morgan fingerprint density at radius 3 is 1.80 bits per heavy atom. The first-order valence-electron chi connectivity index (χ1n) is 20.8. The van der Waals surface area contributed by atoms with Crippen molar-refractivity contribution in [3.63, 3.8) is 0 Å². The van der Waals surface area contributed by atoms with Gasteiger partial charge in [0, 0.05) is 33.1 Å². The molecule has 0 fully saturated rings. The first kappa shape index (κ1) is 28.1. The quantitative estimate of drug-likeness (QED) is 0.170. The number of furan rings is 1. The Hall–Kier alpha value is -7.42. The van der Waals surface area contributed by atoms with Gasteiger partial charge in [0.1, 0.15) is 11.2 Å². The molecule has 11 rings (SSSR count). The number of fused-ring (bicyclic) bond motifs is 7. The van der Waals surface area contributed by atoms with Crippen molar-refractivity contribution in [2.24, 2.45) is 0 Å². The van der Waals surface area contributed by atoms with E-state index in [2.05, 4.69) is 84.9 Å². The fraction of sp³-hybridized carbons (Fsp3) is 0. The number of anilines is 3. The van der Waals surface area contributed by atoms with Crippen molar-refractivity contribution in [1.29, 1.82) is 0 Å². The second-order valence-electron chi connectivity index (χ2n) is 14.2. The minimum absolute atomic E-state index is 0.105. The largest absolute Gasteiger partial charge is 0.455 e. The molecule has 1 heterocycles. The molecule has 0 radical (unpaired) electrons. The smallest absolute Gasteiger partial charge is 0.143 e. The summed E-state index contributed by atoms with van der Waals surface area (Å²) in [5.41, 5.74) is 7.92. The molecule has 0 atom stereocenters. The average Bonchev–Trinajstić information content (AvgIpc) is 3.68. The van der Waals surface area contributed by atoms with E-state index in [0.29, 0.717) is 16.9 Å². The molecule has 2 nitrogen and oxygen atoms in total. The molecular formula is C54H35NO. The van der Waals surface area contributed by atoms with Gasteiger partial charge in [0.2, 0.25) is 0 Å². The zero-order valence-electron chi connectivity index (χ0n) is 34.3. The predicted octanol–water partition coefficient (Wildman–Crippen LogP) is 15.5. The van der Waals surface area contributed by atoms with Crippen LogP contribution in [0, 0.1) is 0 Å². The van der Waals surface area contributed by atoms with Crippen LogP contribution in [0.3, 0.4) is 0 Å². The second kappa shape index (κ2) is 13.2. The van der Waals surface area contributed by atoms with Gasteiger partial charge in [0.15, 0.2) is 0 Å². The van der Waals surface area contributed by atoms with Crippen molar-refractivity contribution in [3.8, 4) is 33.4 Å². The molecule has 1 aromatic heterocycles. The number of hydrogen-bond acceptors (Lipinski definition) is 2. The Bertz CT molecular complexity index is 3460. The van der Waals surface area contributed by atoms with E-state index in [-0.39, 0.29) is 35.4 Å². The van der Waals surface area contributed by atoms with Gasteiger partial charge in [-0.3, -0.25) is 0 Å². The van der Waals surface area contributed by atoms with Crippen molar-refractivity contribution in [2.75, 3.05) is 4.90 Å². The highest BCUT2D eigenvalue weighted by Crippen LogP contribution is 2.44. The summed E-state index contributed by atoms with van der Waals surface area (Å²) in [6, 6.07) is 62.7. The molecular weight excluding hydrogens is 679 g/mol. The van der Waals surface area contributed by atoms with E-state index >= 15 is 0 Å². The van der Waals surface area contributed by atoms with Gasteiger partial charge in [0.05, 0.1) is 11.2 Å². The Balaban J connectivity index is 1.11. The molecule has 0 saturated heterocycles. The third-order valence-electron chi connectivity index (χ3n) is 10.9. The summed E-state index contributed by atoms with van der Waals surface area (Å²) in [7, 11) is 0. The van der Waals surface area contributed by atoms with Gasteiger partial charge in [-0.05, 0) is 109 Å². The molecule has 0 bridgehead atoms. The normalized spacial score (nSPS) is 12.6.